The third-order valence-electron chi connectivity index (χ3n) is 5.49. The van der Waals surface area contributed by atoms with E-state index in [1.54, 1.807) is 0 Å². The van der Waals surface area contributed by atoms with E-state index in [9.17, 15) is 0 Å². The number of hydrogen-bond donors (Lipinski definition) is 1. The lowest BCUT2D eigenvalue weighted by Gasteiger charge is -2.26. The molecular formula is C21H33N3O. The summed E-state index contributed by atoms with van der Waals surface area (Å²) in [5.74, 6) is 0.731. The zero-order chi connectivity index (χ0) is 17.5. The highest BCUT2D eigenvalue weighted by Crippen LogP contribution is 2.26. The van der Waals surface area contributed by atoms with E-state index in [4.69, 9.17) is 4.74 Å². The standard InChI is InChI=1S/C12H16O.C9H17N3/c1-10-2-4-11(5-3-10)12-6-8-13-9-7-12;1-11-7-4-10-9(11)8-12-5-2-3-6-12/h2-5,12H,6-9H2,1H3;4,7,9-10H,2-3,5-6,8H2,1H3. The summed E-state index contributed by atoms with van der Waals surface area (Å²) in [7, 11) is 2.12. The molecule has 0 saturated carbocycles. The number of aryl methyl sites for hydroxylation is 1. The Morgan fingerprint density at radius 3 is 2.36 bits per heavy atom. The third kappa shape index (κ3) is 5.48. The number of nitrogens with one attached hydrogen (secondary N) is 1. The molecule has 4 heteroatoms. The van der Waals surface area contributed by atoms with Crippen molar-refractivity contribution in [2.24, 2.45) is 0 Å². The highest BCUT2D eigenvalue weighted by molar-refractivity contribution is 5.24. The van der Waals surface area contributed by atoms with E-state index in [0.29, 0.717) is 6.17 Å². The molecule has 2 fully saturated rings. The van der Waals surface area contributed by atoms with Crippen LogP contribution in [0, 0.1) is 6.92 Å². The fraction of sp³-hybridized carbons (Fsp3) is 0.619. The van der Waals surface area contributed by atoms with E-state index in [-0.39, 0.29) is 0 Å². The van der Waals surface area contributed by atoms with Crippen LogP contribution in [0.5, 0.6) is 0 Å². The minimum atomic E-state index is 0.503. The molecule has 1 aromatic carbocycles. The van der Waals surface area contributed by atoms with Crippen molar-refractivity contribution in [3.63, 3.8) is 0 Å². The lowest BCUT2D eigenvalue weighted by atomic mass is 9.91. The first-order valence-electron chi connectivity index (χ1n) is 9.74. The van der Waals surface area contributed by atoms with Crippen molar-refractivity contribution in [1.29, 1.82) is 0 Å². The lowest BCUT2D eigenvalue weighted by molar-refractivity contribution is 0.0853. The number of hydrogen-bond acceptors (Lipinski definition) is 4. The molecule has 3 heterocycles. The lowest BCUT2D eigenvalue weighted by Crippen LogP contribution is -2.42. The maximum atomic E-state index is 5.34. The Kier molecular flexibility index (Phi) is 6.76. The van der Waals surface area contributed by atoms with E-state index in [1.807, 2.05) is 6.20 Å². The molecule has 3 aliphatic heterocycles. The molecule has 0 spiro atoms. The van der Waals surface area contributed by atoms with Gasteiger partial charge in [0.15, 0.2) is 0 Å². The molecular weight excluding hydrogens is 310 g/mol. The Hall–Kier alpha value is -1.52. The van der Waals surface area contributed by atoms with Crippen molar-refractivity contribution in [1.82, 2.24) is 15.1 Å². The van der Waals surface area contributed by atoms with Gasteiger partial charge in [-0.25, -0.2) is 0 Å². The van der Waals surface area contributed by atoms with E-state index in [1.165, 1.54) is 49.9 Å². The number of nitrogens with zero attached hydrogens (tertiary/aromatic N) is 2. The van der Waals surface area contributed by atoms with E-state index in [2.05, 4.69) is 59.6 Å². The van der Waals surface area contributed by atoms with Crippen LogP contribution in [0.25, 0.3) is 0 Å². The number of likely N-dealkylation sites (tertiary alicyclic amines) is 1. The smallest absolute Gasteiger partial charge is 0.111 e. The van der Waals surface area contributed by atoms with Crippen LogP contribution in [0.1, 0.15) is 42.7 Å². The summed E-state index contributed by atoms with van der Waals surface area (Å²) in [6.45, 7) is 7.71. The summed E-state index contributed by atoms with van der Waals surface area (Å²) >= 11 is 0. The highest BCUT2D eigenvalue weighted by atomic mass is 16.5. The third-order valence-corrected chi connectivity index (χ3v) is 5.49. The van der Waals surface area contributed by atoms with Crippen molar-refractivity contribution in [3.8, 4) is 0 Å². The Bertz CT molecular complexity index is 531. The predicted octanol–water partition coefficient (Wildman–Crippen LogP) is 3.30. The molecule has 2 saturated heterocycles. The van der Waals surface area contributed by atoms with Crippen molar-refractivity contribution >= 4 is 0 Å². The zero-order valence-electron chi connectivity index (χ0n) is 15.8. The van der Waals surface area contributed by atoms with Crippen LogP contribution in [-0.4, -0.2) is 55.9 Å². The van der Waals surface area contributed by atoms with Gasteiger partial charge in [0.1, 0.15) is 6.17 Å². The van der Waals surface area contributed by atoms with E-state index in [0.717, 1.165) is 25.7 Å². The van der Waals surface area contributed by atoms with Gasteiger partial charge in [0.05, 0.1) is 0 Å². The second-order valence-electron chi connectivity index (χ2n) is 7.47. The molecule has 1 atom stereocenters. The van der Waals surface area contributed by atoms with Crippen molar-refractivity contribution in [2.45, 2.75) is 44.7 Å². The van der Waals surface area contributed by atoms with Crippen molar-refractivity contribution < 1.29 is 4.74 Å². The Morgan fingerprint density at radius 2 is 1.76 bits per heavy atom. The predicted molar refractivity (Wildman–Crippen MR) is 103 cm³/mol. The molecule has 1 N–H and O–H groups in total. The topological polar surface area (TPSA) is 27.7 Å². The van der Waals surface area contributed by atoms with Crippen LogP contribution in [-0.2, 0) is 4.74 Å². The summed E-state index contributed by atoms with van der Waals surface area (Å²) in [6, 6.07) is 8.91. The minimum Gasteiger partial charge on any atom is -0.381 e. The Morgan fingerprint density at radius 1 is 1.08 bits per heavy atom. The molecule has 0 aliphatic carbocycles. The molecule has 3 aliphatic rings. The average molecular weight is 344 g/mol. The molecule has 0 amide bonds. The molecule has 1 aromatic rings. The van der Waals surface area contributed by atoms with Crippen molar-refractivity contribution in [3.05, 3.63) is 47.8 Å². The second kappa shape index (κ2) is 9.25. The summed E-state index contributed by atoms with van der Waals surface area (Å²) in [4.78, 5) is 4.76. The van der Waals surface area contributed by atoms with Crippen LogP contribution in [0.4, 0.5) is 0 Å². The van der Waals surface area contributed by atoms with Gasteiger partial charge in [0.2, 0.25) is 0 Å². The Balaban J connectivity index is 0.000000146. The Labute approximate surface area is 152 Å². The van der Waals surface area contributed by atoms with Gasteiger partial charge in [-0.05, 0) is 57.2 Å². The minimum absolute atomic E-state index is 0.503. The van der Waals surface area contributed by atoms with Crippen molar-refractivity contribution in [2.75, 3.05) is 39.9 Å². The SMILES string of the molecule is CN1C=CNC1CN1CCCC1.Cc1ccc(C2CCOCC2)cc1. The first kappa shape index (κ1) is 18.3. The second-order valence-corrected chi connectivity index (χ2v) is 7.47. The zero-order valence-corrected chi connectivity index (χ0v) is 15.8. The fourth-order valence-electron chi connectivity index (χ4n) is 3.75. The maximum Gasteiger partial charge on any atom is 0.111 e. The summed E-state index contributed by atoms with van der Waals surface area (Å²) in [5, 5.41) is 3.34. The number of ether oxygens (including phenoxy) is 1. The summed E-state index contributed by atoms with van der Waals surface area (Å²) in [5.41, 5.74) is 2.82. The maximum absolute atomic E-state index is 5.34. The first-order valence-corrected chi connectivity index (χ1v) is 9.74. The van der Waals surface area contributed by atoms with Gasteiger partial charge in [0, 0.05) is 39.2 Å². The van der Waals surface area contributed by atoms with Crippen LogP contribution in [0.3, 0.4) is 0 Å². The average Bonchev–Trinajstić information content (AvgIpc) is 3.30. The van der Waals surface area contributed by atoms with Gasteiger partial charge in [-0.15, -0.1) is 0 Å². The molecule has 25 heavy (non-hydrogen) atoms. The molecule has 4 rings (SSSR count). The van der Waals surface area contributed by atoms with Gasteiger partial charge >= 0.3 is 0 Å². The first-order chi connectivity index (χ1) is 12.2. The summed E-state index contributed by atoms with van der Waals surface area (Å²) in [6.07, 6.45) is 9.75. The summed E-state index contributed by atoms with van der Waals surface area (Å²) < 4.78 is 5.34. The van der Waals surface area contributed by atoms with Gasteiger partial charge in [0.25, 0.3) is 0 Å². The largest absolute Gasteiger partial charge is 0.381 e. The number of likely N-dealkylation sites (N-methyl/N-ethyl adjacent to an activating group) is 1. The molecule has 1 unspecified atom stereocenters. The van der Waals surface area contributed by atoms with E-state index < -0.39 is 0 Å². The normalized spacial score (nSPS) is 24.1. The van der Waals surface area contributed by atoms with Crippen LogP contribution in [0.2, 0.25) is 0 Å². The van der Waals surface area contributed by atoms with Gasteiger partial charge in [-0.3, -0.25) is 4.90 Å². The van der Waals surface area contributed by atoms with Crippen LogP contribution >= 0.6 is 0 Å². The number of rotatable bonds is 3. The van der Waals surface area contributed by atoms with Gasteiger partial charge in [-0.1, -0.05) is 29.8 Å². The van der Waals surface area contributed by atoms with E-state index >= 15 is 0 Å². The number of benzene rings is 1. The molecule has 0 radical (unpaired) electrons. The van der Waals surface area contributed by atoms with Gasteiger partial charge in [-0.2, -0.15) is 0 Å². The quantitative estimate of drug-likeness (QED) is 0.911. The monoisotopic (exact) mass is 343 g/mol. The van der Waals surface area contributed by atoms with Crippen LogP contribution < -0.4 is 5.32 Å². The fourth-order valence-corrected chi connectivity index (χ4v) is 3.75. The van der Waals surface area contributed by atoms with Gasteiger partial charge < -0.3 is 15.0 Å². The molecule has 138 valence electrons. The van der Waals surface area contributed by atoms with Crippen LogP contribution in [0.15, 0.2) is 36.7 Å². The molecule has 4 nitrogen and oxygen atoms in total. The molecule has 0 bridgehead atoms. The highest BCUT2D eigenvalue weighted by Gasteiger charge is 2.20. The molecule has 0 aromatic heterocycles.